The van der Waals surface area contributed by atoms with E-state index in [0.717, 1.165) is 11.6 Å². The van der Waals surface area contributed by atoms with Crippen molar-refractivity contribution in [2.75, 3.05) is 5.32 Å². The van der Waals surface area contributed by atoms with Crippen LogP contribution >= 0.6 is 11.6 Å². The fourth-order valence-electron chi connectivity index (χ4n) is 2.36. The summed E-state index contributed by atoms with van der Waals surface area (Å²) in [6, 6.07) is 9.24. The average Bonchev–Trinajstić information content (AvgIpc) is 2.63. The van der Waals surface area contributed by atoms with Crippen molar-refractivity contribution in [1.29, 1.82) is 0 Å². The minimum absolute atomic E-state index is 0.111. The molecule has 8 heteroatoms. The lowest BCUT2D eigenvalue weighted by Gasteiger charge is -2.13. The Hall–Kier alpha value is -3.19. The van der Waals surface area contributed by atoms with Crippen LogP contribution in [0.1, 0.15) is 23.0 Å². The van der Waals surface area contributed by atoms with Gasteiger partial charge in [0, 0.05) is 12.3 Å². The predicted octanol–water partition coefficient (Wildman–Crippen LogP) is 3.33. The summed E-state index contributed by atoms with van der Waals surface area (Å²) in [5, 5.41) is 2.99. The molecule has 138 valence electrons. The first-order valence-corrected chi connectivity index (χ1v) is 8.40. The van der Waals surface area contributed by atoms with E-state index in [2.05, 4.69) is 10.3 Å². The number of aromatic nitrogens is 1. The zero-order chi connectivity index (χ0) is 19.6. The van der Waals surface area contributed by atoms with Crippen molar-refractivity contribution in [2.45, 2.75) is 20.0 Å². The Morgan fingerprint density at radius 2 is 2.04 bits per heavy atom. The molecule has 1 aromatic carbocycles. The number of benzene rings is 1. The molecule has 0 spiro atoms. The second-order valence-corrected chi connectivity index (χ2v) is 6.21. The summed E-state index contributed by atoms with van der Waals surface area (Å²) in [6.07, 6.45) is 0.331. The zero-order valence-corrected chi connectivity index (χ0v) is 15.2. The number of nitrogens with zero attached hydrogens (tertiary/aromatic N) is 1. The summed E-state index contributed by atoms with van der Waals surface area (Å²) in [6.45, 7) is 3.23. The van der Waals surface area contributed by atoms with Gasteiger partial charge in [-0.15, -0.1) is 0 Å². The Bertz CT molecular complexity index is 1090. The van der Waals surface area contributed by atoms with Crippen molar-refractivity contribution >= 4 is 40.1 Å². The summed E-state index contributed by atoms with van der Waals surface area (Å²) in [5.41, 5.74) is 1.08. The van der Waals surface area contributed by atoms with Crippen LogP contribution in [0.25, 0.3) is 11.0 Å². The van der Waals surface area contributed by atoms with Crippen molar-refractivity contribution in [3.63, 3.8) is 0 Å². The molecule has 0 aliphatic carbocycles. The van der Waals surface area contributed by atoms with Crippen molar-refractivity contribution < 1.29 is 18.7 Å². The third kappa shape index (κ3) is 4.15. The fraction of sp³-hybridized carbons (Fsp3) is 0.158. The topological polar surface area (TPSA) is 98.5 Å². The molecule has 1 amide bonds. The van der Waals surface area contributed by atoms with E-state index in [-0.39, 0.29) is 21.9 Å². The number of carbonyl (C=O) groups excluding carboxylic acids is 2. The highest BCUT2D eigenvalue weighted by Gasteiger charge is 2.22. The smallest absolute Gasteiger partial charge is 0.375 e. The molecule has 1 N–H and O–H groups in total. The van der Waals surface area contributed by atoms with E-state index in [9.17, 15) is 14.4 Å². The van der Waals surface area contributed by atoms with E-state index in [1.54, 1.807) is 30.3 Å². The lowest BCUT2D eigenvalue weighted by Crippen LogP contribution is -2.30. The summed E-state index contributed by atoms with van der Waals surface area (Å²) < 4.78 is 10.5. The van der Waals surface area contributed by atoms with E-state index >= 15 is 0 Å². The molecule has 0 saturated carbocycles. The Morgan fingerprint density at radius 3 is 2.78 bits per heavy atom. The number of hydrogen-bond acceptors (Lipinski definition) is 6. The monoisotopic (exact) mass is 386 g/mol. The van der Waals surface area contributed by atoms with Crippen molar-refractivity contribution in [3.05, 3.63) is 69.3 Å². The second-order valence-electron chi connectivity index (χ2n) is 5.85. The standard InChI is InChI=1S/C19H15ClN2O5/c1-10-5-6-15-12(8-10)14(23)9-16(27-15)19(25)26-11(2)18(24)22-13-4-3-7-21-17(13)20/h3-9,11H,1-2H3,(H,22,24)/t11-/m1/s1. The molecule has 0 radical (unpaired) electrons. The molecule has 3 aromatic rings. The normalized spacial score (nSPS) is 11.8. The zero-order valence-electron chi connectivity index (χ0n) is 14.5. The van der Waals surface area contributed by atoms with Crippen LogP contribution in [0.2, 0.25) is 5.15 Å². The third-order valence-electron chi connectivity index (χ3n) is 3.75. The van der Waals surface area contributed by atoms with Gasteiger partial charge in [0.05, 0.1) is 11.1 Å². The first-order valence-electron chi connectivity index (χ1n) is 8.02. The molecule has 0 aliphatic heterocycles. The maximum atomic E-state index is 12.3. The number of carbonyl (C=O) groups is 2. The number of ether oxygens (including phenoxy) is 1. The number of anilines is 1. The van der Waals surface area contributed by atoms with Gasteiger partial charge in [-0.05, 0) is 38.1 Å². The van der Waals surface area contributed by atoms with Gasteiger partial charge in [0.15, 0.2) is 16.7 Å². The molecule has 27 heavy (non-hydrogen) atoms. The molecule has 0 bridgehead atoms. The molecule has 2 heterocycles. The summed E-state index contributed by atoms with van der Waals surface area (Å²) in [7, 11) is 0. The Morgan fingerprint density at radius 1 is 1.26 bits per heavy atom. The van der Waals surface area contributed by atoms with Crippen LogP contribution in [0.15, 0.2) is 51.8 Å². The highest BCUT2D eigenvalue weighted by Crippen LogP contribution is 2.18. The van der Waals surface area contributed by atoms with E-state index in [4.69, 9.17) is 20.8 Å². The van der Waals surface area contributed by atoms with Crippen molar-refractivity contribution in [3.8, 4) is 0 Å². The molecule has 1 atom stereocenters. The number of amides is 1. The molecule has 0 fully saturated rings. The predicted molar refractivity (Wildman–Crippen MR) is 100.0 cm³/mol. The summed E-state index contributed by atoms with van der Waals surface area (Å²) in [5.74, 6) is -1.80. The number of pyridine rings is 1. The van der Waals surface area contributed by atoms with Gasteiger partial charge in [-0.2, -0.15) is 0 Å². The third-order valence-corrected chi connectivity index (χ3v) is 4.06. The van der Waals surface area contributed by atoms with Gasteiger partial charge in [-0.1, -0.05) is 23.2 Å². The van der Waals surface area contributed by atoms with Gasteiger partial charge in [-0.25, -0.2) is 9.78 Å². The van der Waals surface area contributed by atoms with Crippen LogP contribution in [0.5, 0.6) is 0 Å². The maximum Gasteiger partial charge on any atom is 0.375 e. The number of hydrogen-bond donors (Lipinski definition) is 1. The van der Waals surface area contributed by atoms with E-state index in [0.29, 0.717) is 11.1 Å². The largest absolute Gasteiger partial charge is 0.449 e. The molecular formula is C19H15ClN2O5. The lowest BCUT2D eigenvalue weighted by molar-refractivity contribution is -0.123. The summed E-state index contributed by atoms with van der Waals surface area (Å²) >= 11 is 5.88. The van der Waals surface area contributed by atoms with Gasteiger partial charge in [-0.3, -0.25) is 9.59 Å². The number of aryl methyl sites for hydroxylation is 1. The SMILES string of the molecule is Cc1ccc2oc(C(=O)O[C@H](C)C(=O)Nc3cccnc3Cl)cc(=O)c2c1. The highest BCUT2D eigenvalue weighted by molar-refractivity contribution is 6.32. The molecule has 0 unspecified atom stereocenters. The van der Waals surface area contributed by atoms with Crippen LogP contribution in [0, 0.1) is 6.92 Å². The van der Waals surface area contributed by atoms with Gasteiger partial charge in [0.25, 0.3) is 5.91 Å². The lowest BCUT2D eigenvalue weighted by atomic mass is 10.1. The maximum absolute atomic E-state index is 12.3. The van der Waals surface area contributed by atoms with Crippen LogP contribution in [-0.4, -0.2) is 23.0 Å². The Labute approximate surface area is 158 Å². The van der Waals surface area contributed by atoms with Gasteiger partial charge >= 0.3 is 5.97 Å². The Balaban J connectivity index is 1.75. The number of esters is 1. The molecule has 0 saturated heterocycles. The first-order chi connectivity index (χ1) is 12.8. The van der Waals surface area contributed by atoms with Crippen molar-refractivity contribution in [2.24, 2.45) is 0 Å². The highest BCUT2D eigenvalue weighted by atomic mass is 35.5. The van der Waals surface area contributed by atoms with Gasteiger partial charge in [0.1, 0.15) is 5.58 Å². The van der Waals surface area contributed by atoms with Crippen LogP contribution in [0.3, 0.4) is 0 Å². The van der Waals surface area contributed by atoms with E-state index in [1.807, 2.05) is 6.92 Å². The number of halogens is 1. The Kier molecular flexibility index (Phi) is 5.23. The van der Waals surface area contributed by atoms with Gasteiger partial charge < -0.3 is 14.5 Å². The van der Waals surface area contributed by atoms with Crippen LogP contribution in [0.4, 0.5) is 5.69 Å². The fourth-order valence-corrected chi connectivity index (χ4v) is 2.52. The van der Waals surface area contributed by atoms with Crippen molar-refractivity contribution in [1.82, 2.24) is 4.98 Å². The molecule has 3 rings (SSSR count). The van der Waals surface area contributed by atoms with Crippen LogP contribution < -0.4 is 10.7 Å². The second kappa shape index (κ2) is 7.59. The number of fused-ring (bicyclic) bond motifs is 1. The minimum Gasteiger partial charge on any atom is -0.449 e. The van der Waals surface area contributed by atoms with Gasteiger partial charge in [0.2, 0.25) is 5.76 Å². The molecule has 2 aromatic heterocycles. The van der Waals surface area contributed by atoms with E-state index < -0.39 is 18.0 Å². The average molecular weight is 387 g/mol. The quantitative estimate of drug-likeness (QED) is 0.545. The molecular weight excluding hydrogens is 372 g/mol. The molecule has 0 aliphatic rings. The minimum atomic E-state index is -1.15. The van der Waals surface area contributed by atoms with E-state index in [1.165, 1.54) is 13.1 Å². The summed E-state index contributed by atoms with van der Waals surface area (Å²) in [4.78, 5) is 40.5. The first kappa shape index (κ1) is 18.6. The van der Waals surface area contributed by atoms with Crippen LogP contribution in [-0.2, 0) is 9.53 Å². The molecule has 7 nitrogen and oxygen atoms in total. The number of rotatable bonds is 4. The number of nitrogens with one attached hydrogen (secondary N) is 1.